The third-order valence-electron chi connectivity index (χ3n) is 7.43. The van der Waals surface area contributed by atoms with E-state index in [0.717, 1.165) is 31.6 Å². The van der Waals surface area contributed by atoms with E-state index in [2.05, 4.69) is 35.2 Å². The van der Waals surface area contributed by atoms with Crippen LogP contribution in [0.4, 0.5) is 0 Å². The Labute approximate surface area is 220 Å². The Balaban J connectivity index is 1.16. The number of piperidine rings is 1. The van der Waals surface area contributed by atoms with Gasteiger partial charge in [-0.1, -0.05) is 50.2 Å². The number of nitrogens with zero attached hydrogens (tertiary/aromatic N) is 2. The lowest BCUT2D eigenvalue weighted by Crippen LogP contribution is -2.34. The van der Waals surface area contributed by atoms with Crippen LogP contribution in [0, 0.1) is 0 Å². The molecule has 0 unspecified atom stereocenters. The van der Waals surface area contributed by atoms with Crippen LogP contribution in [0.2, 0.25) is 0 Å². The number of fused-ring (bicyclic) bond motifs is 1. The number of hydrogen-bond acceptors (Lipinski definition) is 4. The molecule has 1 aliphatic heterocycles. The summed E-state index contributed by atoms with van der Waals surface area (Å²) in [5.74, 6) is 1.47. The fourth-order valence-corrected chi connectivity index (χ4v) is 7.13. The van der Waals surface area contributed by atoms with Crippen LogP contribution in [0.15, 0.2) is 95.0 Å². The van der Waals surface area contributed by atoms with Gasteiger partial charge in [-0.3, -0.25) is 0 Å². The lowest BCUT2D eigenvalue weighted by atomic mass is 9.89. The molecular weight excluding hydrogens is 480 g/mol. The third-order valence-corrected chi connectivity index (χ3v) is 9.31. The molecule has 3 heterocycles. The highest BCUT2D eigenvalue weighted by molar-refractivity contribution is 7.91. The van der Waals surface area contributed by atoms with E-state index in [4.69, 9.17) is 4.74 Å². The van der Waals surface area contributed by atoms with E-state index in [1.54, 1.807) is 24.3 Å². The summed E-state index contributed by atoms with van der Waals surface area (Å²) in [5, 5.41) is 0. The molecule has 1 aliphatic rings. The molecule has 6 heteroatoms. The molecule has 0 bridgehead atoms. The van der Waals surface area contributed by atoms with Crippen LogP contribution in [0.3, 0.4) is 0 Å². The molecule has 0 amide bonds. The van der Waals surface area contributed by atoms with E-state index in [9.17, 15) is 8.42 Å². The molecule has 5 nitrogen and oxygen atoms in total. The van der Waals surface area contributed by atoms with E-state index >= 15 is 0 Å². The van der Waals surface area contributed by atoms with E-state index in [1.165, 1.54) is 18.4 Å². The van der Waals surface area contributed by atoms with Crippen molar-refractivity contribution >= 4 is 15.4 Å². The zero-order valence-corrected chi connectivity index (χ0v) is 22.5. The van der Waals surface area contributed by atoms with Crippen molar-refractivity contribution in [2.75, 3.05) is 26.2 Å². The van der Waals surface area contributed by atoms with Gasteiger partial charge in [0.05, 0.1) is 17.0 Å². The predicted molar refractivity (Wildman–Crippen MR) is 148 cm³/mol. The van der Waals surface area contributed by atoms with Crippen LogP contribution >= 0.6 is 0 Å². The highest BCUT2D eigenvalue weighted by Gasteiger charge is 2.27. The number of sulfone groups is 1. The maximum atomic E-state index is 13.6. The molecule has 194 valence electrons. The van der Waals surface area contributed by atoms with Crippen molar-refractivity contribution in [2.45, 2.75) is 54.7 Å². The van der Waals surface area contributed by atoms with Gasteiger partial charge >= 0.3 is 0 Å². The summed E-state index contributed by atoms with van der Waals surface area (Å²) in [6.45, 7) is 7.94. The smallest absolute Gasteiger partial charge is 0.209 e. The van der Waals surface area contributed by atoms with Gasteiger partial charge in [-0.2, -0.15) is 0 Å². The van der Waals surface area contributed by atoms with Gasteiger partial charge in [0.25, 0.3) is 0 Å². The van der Waals surface area contributed by atoms with Crippen LogP contribution < -0.4 is 4.74 Å². The maximum Gasteiger partial charge on any atom is 0.209 e. The third kappa shape index (κ3) is 5.60. The summed E-state index contributed by atoms with van der Waals surface area (Å²) in [6, 6.07) is 23.3. The summed E-state index contributed by atoms with van der Waals surface area (Å²) in [5.41, 5.74) is 3.00. The second-order valence-electron chi connectivity index (χ2n) is 10.3. The molecule has 2 aromatic heterocycles. The first-order valence-electron chi connectivity index (χ1n) is 13.3. The average molecular weight is 517 g/mol. The topological polar surface area (TPSA) is 51.0 Å². The quantitative estimate of drug-likeness (QED) is 0.237. The largest absolute Gasteiger partial charge is 0.494 e. The highest BCUT2D eigenvalue weighted by Crippen LogP contribution is 2.34. The van der Waals surface area contributed by atoms with Gasteiger partial charge in [-0.15, -0.1) is 0 Å². The van der Waals surface area contributed by atoms with Gasteiger partial charge in [0.15, 0.2) is 0 Å². The van der Waals surface area contributed by atoms with Gasteiger partial charge in [-0.25, -0.2) is 8.42 Å². The van der Waals surface area contributed by atoms with Crippen LogP contribution in [-0.2, 0) is 9.84 Å². The van der Waals surface area contributed by atoms with E-state index < -0.39 is 9.84 Å². The summed E-state index contributed by atoms with van der Waals surface area (Å²) in [6.07, 6.45) is 7.18. The SMILES string of the molecule is CC(C)c1cn2ccccc2c1S(=O)(=O)c1ccc(OCCCN2CCC(c3ccccc3)CC2)cc1. The zero-order chi connectivity index (χ0) is 25.8. The average Bonchev–Trinajstić information content (AvgIpc) is 3.33. The number of aromatic nitrogens is 1. The molecule has 0 N–H and O–H groups in total. The van der Waals surface area contributed by atoms with Crippen molar-refractivity contribution in [3.63, 3.8) is 0 Å². The van der Waals surface area contributed by atoms with E-state index in [0.29, 0.717) is 33.6 Å². The van der Waals surface area contributed by atoms with Gasteiger partial charge in [0, 0.05) is 18.9 Å². The number of pyridine rings is 1. The Kier molecular flexibility index (Phi) is 7.68. The zero-order valence-electron chi connectivity index (χ0n) is 21.7. The minimum Gasteiger partial charge on any atom is -0.494 e. The number of rotatable bonds is 9. The second-order valence-corrected chi connectivity index (χ2v) is 12.2. The van der Waals surface area contributed by atoms with Crippen molar-refractivity contribution < 1.29 is 13.2 Å². The molecule has 0 atom stereocenters. The Morgan fingerprint density at radius 1 is 0.919 bits per heavy atom. The van der Waals surface area contributed by atoms with Gasteiger partial charge in [0.1, 0.15) is 10.6 Å². The second kappa shape index (κ2) is 11.1. The van der Waals surface area contributed by atoms with Crippen LogP contribution in [0.25, 0.3) is 5.52 Å². The van der Waals surface area contributed by atoms with Crippen LogP contribution in [-0.4, -0.2) is 44.0 Å². The van der Waals surface area contributed by atoms with E-state index in [-0.39, 0.29) is 5.92 Å². The van der Waals surface area contributed by atoms with Crippen LogP contribution in [0.5, 0.6) is 5.75 Å². The minimum atomic E-state index is -3.66. The van der Waals surface area contributed by atoms with Gasteiger partial charge in [0.2, 0.25) is 9.84 Å². The summed E-state index contributed by atoms with van der Waals surface area (Å²) in [4.78, 5) is 3.21. The summed E-state index contributed by atoms with van der Waals surface area (Å²) in [7, 11) is -3.66. The molecule has 0 radical (unpaired) electrons. The standard InChI is InChI=1S/C31H36N2O3S/c1-24(2)29-23-33-19-7-6-11-30(33)31(29)37(34,35)28-14-12-27(13-15-28)36-22-8-18-32-20-16-26(17-21-32)25-9-4-3-5-10-25/h3-7,9-15,19,23-24,26H,8,16-18,20-22H2,1-2H3. The molecule has 1 saturated heterocycles. The Bertz CT molecular complexity index is 1420. The van der Waals surface area contributed by atoms with Crippen molar-refractivity contribution in [2.24, 2.45) is 0 Å². The van der Waals surface area contributed by atoms with Crippen molar-refractivity contribution in [3.05, 3.63) is 96.3 Å². The fourth-order valence-electron chi connectivity index (χ4n) is 5.35. The molecule has 2 aromatic carbocycles. The molecule has 0 aliphatic carbocycles. The maximum absolute atomic E-state index is 13.6. The lowest BCUT2D eigenvalue weighted by molar-refractivity contribution is 0.193. The van der Waals surface area contributed by atoms with Crippen LogP contribution in [0.1, 0.15) is 56.1 Å². The van der Waals surface area contributed by atoms with Crippen molar-refractivity contribution in [1.82, 2.24) is 9.30 Å². The molecule has 0 saturated carbocycles. The Morgan fingerprint density at radius 2 is 1.62 bits per heavy atom. The van der Waals surface area contributed by atoms with E-state index in [1.807, 2.05) is 48.8 Å². The summed E-state index contributed by atoms with van der Waals surface area (Å²) < 4.78 is 35.1. The molecule has 5 rings (SSSR count). The predicted octanol–water partition coefficient (Wildman–Crippen LogP) is 6.54. The first-order chi connectivity index (χ1) is 17.9. The first kappa shape index (κ1) is 25.6. The van der Waals surface area contributed by atoms with Crippen molar-refractivity contribution in [3.8, 4) is 5.75 Å². The molecular formula is C31H36N2O3S. The number of likely N-dealkylation sites (tertiary alicyclic amines) is 1. The van der Waals surface area contributed by atoms with Crippen molar-refractivity contribution in [1.29, 1.82) is 0 Å². The Morgan fingerprint density at radius 3 is 2.32 bits per heavy atom. The van der Waals surface area contributed by atoms with Gasteiger partial charge < -0.3 is 14.0 Å². The Hall–Kier alpha value is -3.09. The molecule has 4 aromatic rings. The first-order valence-corrected chi connectivity index (χ1v) is 14.8. The molecule has 0 spiro atoms. The number of hydrogen-bond donors (Lipinski definition) is 0. The normalized spacial score (nSPS) is 15.4. The molecule has 37 heavy (non-hydrogen) atoms. The number of ether oxygens (including phenoxy) is 1. The highest BCUT2D eigenvalue weighted by atomic mass is 32.2. The lowest BCUT2D eigenvalue weighted by Gasteiger charge is -2.32. The van der Waals surface area contributed by atoms with Gasteiger partial charge in [-0.05, 0) is 91.7 Å². The summed E-state index contributed by atoms with van der Waals surface area (Å²) >= 11 is 0. The minimum absolute atomic E-state index is 0.0939. The number of benzene rings is 2. The molecule has 1 fully saturated rings. The monoisotopic (exact) mass is 516 g/mol. The fraction of sp³-hybridized carbons (Fsp3) is 0.355.